The quantitative estimate of drug-likeness (QED) is 0.185. The lowest BCUT2D eigenvalue weighted by molar-refractivity contribution is -0.133. The zero-order valence-electron chi connectivity index (χ0n) is 33.0. The normalized spacial score (nSPS) is 20.3. The number of nitrogens with zero attached hydrogens (tertiary/aromatic N) is 4. The summed E-state index contributed by atoms with van der Waals surface area (Å²) in [5.74, 6) is 2.48. The Morgan fingerprint density at radius 1 is 1.15 bits per heavy atom. The fourth-order valence-corrected chi connectivity index (χ4v) is 8.51. The summed E-state index contributed by atoms with van der Waals surface area (Å²) >= 11 is 1.11. The smallest absolute Gasteiger partial charge is 0.247 e. The molecule has 4 heterocycles. The van der Waals surface area contributed by atoms with E-state index in [1.807, 2.05) is 20.9 Å². The fraction of sp³-hybridized carbons (Fsp3) is 0.548. The number of rotatable bonds is 7. The third-order valence-electron chi connectivity index (χ3n) is 10.3. The molecule has 3 atom stereocenters. The van der Waals surface area contributed by atoms with Crippen molar-refractivity contribution in [3.05, 3.63) is 63.2 Å². The highest BCUT2D eigenvalue weighted by Gasteiger charge is 2.34. The van der Waals surface area contributed by atoms with Crippen LogP contribution in [0.15, 0.2) is 29.0 Å². The average molecular weight is 731 g/mol. The van der Waals surface area contributed by atoms with Gasteiger partial charge in [-0.3, -0.25) is 9.79 Å². The van der Waals surface area contributed by atoms with Gasteiger partial charge in [-0.25, -0.2) is 4.39 Å². The Bertz CT molecular complexity index is 1840. The number of allylic oxidation sites excluding steroid dienone is 1. The van der Waals surface area contributed by atoms with Gasteiger partial charge in [-0.2, -0.15) is 5.26 Å². The van der Waals surface area contributed by atoms with Gasteiger partial charge in [-0.05, 0) is 90.0 Å². The third kappa shape index (κ3) is 8.01. The van der Waals surface area contributed by atoms with E-state index in [1.54, 1.807) is 11.0 Å². The number of amidine groups is 1. The summed E-state index contributed by atoms with van der Waals surface area (Å²) in [5.41, 5.74) is 13.4. The predicted molar refractivity (Wildman–Crippen MR) is 215 cm³/mol. The molecule has 8 nitrogen and oxygen atoms in total. The summed E-state index contributed by atoms with van der Waals surface area (Å²) in [6.45, 7) is 22.6. The molecule has 282 valence electrons. The molecule has 1 amide bonds. The van der Waals surface area contributed by atoms with E-state index in [1.165, 1.54) is 12.5 Å². The van der Waals surface area contributed by atoms with Crippen LogP contribution in [0.3, 0.4) is 0 Å². The molecule has 2 fully saturated rings. The van der Waals surface area contributed by atoms with Crippen molar-refractivity contribution < 1.29 is 13.9 Å². The van der Waals surface area contributed by atoms with Crippen LogP contribution in [0.4, 0.5) is 9.39 Å². The highest BCUT2D eigenvalue weighted by molar-refractivity contribution is 7.23. The monoisotopic (exact) mass is 730 g/mol. The summed E-state index contributed by atoms with van der Waals surface area (Å²) in [4.78, 5) is 22.9. The number of piperidine rings is 1. The van der Waals surface area contributed by atoms with Crippen LogP contribution in [-0.2, 0) is 29.2 Å². The maximum Gasteiger partial charge on any atom is 0.247 e. The van der Waals surface area contributed by atoms with Crippen LogP contribution in [0, 0.1) is 35.9 Å². The molecule has 0 saturated carbocycles. The minimum Gasteiger partial charge on any atom is -0.389 e. The number of aliphatic imine (C=N–C) groups is 1. The minimum absolute atomic E-state index is 0.0330. The zero-order valence-corrected chi connectivity index (χ0v) is 33.8. The number of nitrogens with one attached hydrogen (secondary N) is 1. The molecule has 2 aromatic carbocycles. The number of nitriles is 1. The molecular weight excluding hydrogens is 672 g/mol. The summed E-state index contributed by atoms with van der Waals surface area (Å²) < 4.78 is 21.7. The Kier molecular flexibility index (Phi) is 14.3. The lowest BCUT2D eigenvalue weighted by Crippen LogP contribution is -2.43. The fourth-order valence-electron chi connectivity index (χ4n) is 7.56. The second-order valence-electron chi connectivity index (χ2n) is 14.0. The van der Waals surface area contributed by atoms with Crippen molar-refractivity contribution in [2.45, 2.75) is 114 Å². The molecule has 2 saturated heterocycles. The maximum atomic E-state index is 15.1. The van der Waals surface area contributed by atoms with Crippen molar-refractivity contribution in [2.24, 2.45) is 16.8 Å². The SMILES string of the molecule is CC.CC/C=C(/NC(=NC1CCCN(C)C1=O)c1c(C)c(CC)c(-c2ccc(F)c3sc(N)c(C#N)c23)c2c1COC2)N1CC(C)C(C)C1.CCC. The molecule has 3 aliphatic heterocycles. The summed E-state index contributed by atoms with van der Waals surface area (Å²) in [6, 6.07) is 5.00. The van der Waals surface area contributed by atoms with Crippen LogP contribution in [0.25, 0.3) is 21.2 Å². The lowest BCUT2D eigenvalue weighted by atomic mass is 9.82. The van der Waals surface area contributed by atoms with Crippen LogP contribution in [0.1, 0.15) is 114 Å². The lowest BCUT2D eigenvalue weighted by Gasteiger charge is -2.30. The summed E-state index contributed by atoms with van der Waals surface area (Å²) in [7, 11) is 1.85. The number of hydrogen-bond donors (Lipinski definition) is 2. The highest BCUT2D eigenvalue weighted by Crippen LogP contribution is 2.46. The molecule has 0 aliphatic carbocycles. The number of carbonyl (C=O) groups excluding carboxylic acids is 1. The Morgan fingerprint density at radius 3 is 2.42 bits per heavy atom. The maximum absolute atomic E-state index is 15.1. The molecule has 1 aromatic heterocycles. The number of nitrogens with two attached hydrogens (primary N) is 1. The molecule has 3 unspecified atom stereocenters. The van der Waals surface area contributed by atoms with Crippen LogP contribution in [0.2, 0.25) is 0 Å². The van der Waals surface area contributed by atoms with E-state index in [-0.39, 0.29) is 11.7 Å². The molecule has 0 radical (unpaired) electrons. The minimum atomic E-state index is -0.485. The van der Waals surface area contributed by atoms with Gasteiger partial charge in [0.05, 0.1) is 23.5 Å². The second kappa shape index (κ2) is 18.2. The number of thiophene rings is 1. The Hall–Kier alpha value is -3.94. The van der Waals surface area contributed by atoms with Crippen LogP contribution < -0.4 is 11.1 Å². The Labute approximate surface area is 314 Å². The van der Waals surface area contributed by atoms with E-state index in [0.29, 0.717) is 64.4 Å². The standard InChI is InChI=1S/C37H45FN6O2S.C3H8.C2H6/c1-7-10-30(44-16-20(3)21(4)17-44)42-36(41-29-11-9-14-43(6)37(29)45)31-22(5)23(8-2)32(27-19-46-18-26(27)31)24-12-13-28(38)34-33(24)25(15-39)35(40)47-34;1-3-2;1-2/h10,12-13,20-21,29H,7-9,11,14,16-19,40H2,1-6H3,(H,41,42);3H2,1-2H3;1-2H3/b30-10-;;. The number of benzene rings is 2. The Morgan fingerprint density at radius 2 is 1.81 bits per heavy atom. The molecule has 6 rings (SSSR count). The predicted octanol–water partition coefficient (Wildman–Crippen LogP) is 9.30. The van der Waals surface area contributed by atoms with Crippen molar-refractivity contribution in [2.75, 3.05) is 32.4 Å². The third-order valence-corrected chi connectivity index (χ3v) is 11.3. The van der Waals surface area contributed by atoms with Crippen molar-refractivity contribution in [1.29, 1.82) is 5.26 Å². The number of nitrogen functional groups attached to an aromatic ring is 1. The van der Waals surface area contributed by atoms with E-state index in [4.69, 9.17) is 15.5 Å². The first kappa shape index (κ1) is 40.8. The topological polar surface area (TPSA) is 107 Å². The van der Waals surface area contributed by atoms with Crippen LogP contribution in [0.5, 0.6) is 0 Å². The number of likely N-dealkylation sites (tertiary alicyclic amines) is 2. The summed E-state index contributed by atoms with van der Waals surface area (Å²) in [5, 5.41) is 14.7. The van der Waals surface area contributed by atoms with Crippen molar-refractivity contribution >= 4 is 38.2 Å². The number of halogens is 1. The molecule has 3 aromatic rings. The van der Waals surface area contributed by atoms with E-state index in [2.05, 4.69) is 70.8 Å². The molecule has 10 heteroatoms. The number of ether oxygens (including phenoxy) is 1. The number of likely N-dealkylation sites (N-methyl/N-ethyl adjacent to an activating group) is 1. The zero-order chi connectivity index (χ0) is 38.3. The van der Waals surface area contributed by atoms with E-state index in [9.17, 15) is 10.1 Å². The van der Waals surface area contributed by atoms with Gasteiger partial charge in [0.1, 0.15) is 34.6 Å². The number of amides is 1. The van der Waals surface area contributed by atoms with Crippen LogP contribution in [-0.4, -0.2) is 54.3 Å². The van der Waals surface area contributed by atoms with Gasteiger partial charge in [0.15, 0.2) is 0 Å². The number of fused-ring (bicyclic) bond motifs is 2. The average Bonchev–Trinajstić information content (AvgIpc) is 3.84. The second-order valence-corrected chi connectivity index (χ2v) is 15.0. The van der Waals surface area contributed by atoms with E-state index >= 15 is 4.39 Å². The highest BCUT2D eigenvalue weighted by atomic mass is 32.1. The van der Waals surface area contributed by atoms with E-state index in [0.717, 1.165) is 88.6 Å². The van der Waals surface area contributed by atoms with Gasteiger partial charge in [-0.15, -0.1) is 11.3 Å². The molecule has 3 aliphatic rings. The number of carbonyl (C=O) groups is 1. The molecular formula is C42H59FN6O2S. The van der Waals surface area contributed by atoms with Crippen molar-refractivity contribution in [3.63, 3.8) is 0 Å². The van der Waals surface area contributed by atoms with Gasteiger partial charge < -0.3 is 25.6 Å². The summed E-state index contributed by atoms with van der Waals surface area (Å²) in [6.07, 6.45) is 6.60. The molecule has 52 heavy (non-hydrogen) atoms. The first-order valence-electron chi connectivity index (χ1n) is 19.2. The number of hydrogen-bond acceptors (Lipinski definition) is 7. The molecule has 3 N–H and O–H groups in total. The first-order valence-corrected chi connectivity index (χ1v) is 20.0. The molecule has 0 bridgehead atoms. The van der Waals surface area contributed by atoms with Gasteiger partial charge in [-0.1, -0.05) is 67.9 Å². The van der Waals surface area contributed by atoms with Gasteiger partial charge in [0.2, 0.25) is 5.91 Å². The van der Waals surface area contributed by atoms with Gasteiger partial charge in [0, 0.05) is 37.6 Å². The largest absolute Gasteiger partial charge is 0.389 e. The Balaban J connectivity index is 0.00000115. The van der Waals surface area contributed by atoms with Gasteiger partial charge in [0.25, 0.3) is 0 Å². The van der Waals surface area contributed by atoms with Crippen molar-refractivity contribution in [1.82, 2.24) is 15.1 Å². The number of anilines is 1. The van der Waals surface area contributed by atoms with Crippen molar-refractivity contribution in [3.8, 4) is 17.2 Å². The van der Waals surface area contributed by atoms with Crippen LogP contribution >= 0.6 is 11.3 Å². The van der Waals surface area contributed by atoms with E-state index < -0.39 is 6.04 Å². The van der Waals surface area contributed by atoms with Gasteiger partial charge >= 0.3 is 0 Å². The first-order chi connectivity index (χ1) is 25.0. The molecule has 0 spiro atoms.